The molecule has 5 nitrogen and oxygen atoms in total. The van der Waals surface area contributed by atoms with Gasteiger partial charge in [-0.25, -0.2) is 0 Å². The van der Waals surface area contributed by atoms with E-state index < -0.39 is 11.6 Å². The van der Waals surface area contributed by atoms with Gasteiger partial charge in [0.1, 0.15) is 0 Å². The molecule has 0 radical (unpaired) electrons. The van der Waals surface area contributed by atoms with E-state index in [-0.39, 0.29) is 31.2 Å². The molecule has 0 saturated heterocycles. The molecule has 0 aliphatic rings. The van der Waals surface area contributed by atoms with Crippen molar-refractivity contribution in [1.82, 2.24) is 5.32 Å². The van der Waals surface area contributed by atoms with Crippen LogP contribution in [0.5, 0.6) is 0 Å². The van der Waals surface area contributed by atoms with Gasteiger partial charge in [-0.2, -0.15) is 0 Å². The lowest BCUT2D eigenvalue weighted by atomic mass is 10.0. The summed E-state index contributed by atoms with van der Waals surface area (Å²) in [4.78, 5) is 21.8. The Morgan fingerprint density at radius 1 is 1.38 bits per heavy atom. The second kappa shape index (κ2) is 6.48. The second-order valence-electron chi connectivity index (χ2n) is 4.53. The zero-order valence-electron chi connectivity index (χ0n) is 10.1. The lowest BCUT2D eigenvalue weighted by molar-refractivity contribution is -0.138. The highest BCUT2D eigenvalue weighted by atomic mass is 16.4. The Bertz CT molecular complexity index is 250. The largest absolute Gasteiger partial charge is 0.481 e. The number of aliphatic carboxylic acids is 1. The minimum Gasteiger partial charge on any atom is -0.481 e. The van der Waals surface area contributed by atoms with Crippen LogP contribution in [0.1, 0.15) is 40.0 Å². The number of hydrogen-bond acceptors (Lipinski definition) is 3. The van der Waals surface area contributed by atoms with E-state index in [0.717, 1.165) is 0 Å². The molecule has 0 spiro atoms. The van der Waals surface area contributed by atoms with Crippen LogP contribution in [0.3, 0.4) is 0 Å². The zero-order chi connectivity index (χ0) is 12.8. The van der Waals surface area contributed by atoms with Gasteiger partial charge in [-0.05, 0) is 19.3 Å². The van der Waals surface area contributed by atoms with Crippen molar-refractivity contribution in [1.29, 1.82) is 0 Å². The van der Waals surface area contributed by atoms with Crippen LogP contribution in [-0.4, -0.2) is 34.2 Å². The molecule has 94 valence electrons. The first-order valence-corrected chi connectivity index (χ1v) is 5.47. The van der Waals surface area contributed by atoms with Crippen LogP contribution in [0, 0.1) is 5.92 Å². The average molecular weight is 231 g/mol. The van der Waals surface area contributed by atoms with E-state index in [1.807, 2.05) is 6.92 Å². The SMILES string of the molecule is CCC(C)(O)CNC(=O)CC(C)CC(=O)O. The minimum atomic E-state index is -0.902. The van der Waals surface area contributed by atoms with Crippen LogP contribution in [0.4, 0.5) is 0 Å². The van der Waals surface area contributed by atoms with Gasteiger partial charge in [0.25, 0.3) is 0 Å². The van der Waals surface area contributed by atoms with Gasteiger partial charge in [0.2, 0.25) is 5.91 Å². The van der Waals surface area contributed by atoms with E-state index in [4.69, 9.17) is 5.11 Å². The summed E-state index contributed by atoms with van der Waals surface area (Å²) in [5, 5.41) is 20.8. The monoisotopic (exact) mass is 231 g/mol. The molecule has 0 heterocycles. The molecule has 0 fully saturated rings. The number of carbonyl (C=O) groups is 2. The van der Waals surface area contributed by atoms with Gasteiger partial charge in [0, 0.05) is 19.4 Å². The molecular weight excluding hydrogens is 210 g/mol. The van der Waals surface area contributed by atoms with Crippen molar-refractivity contribution in [3.63, 3.8) is 0 Å². The summed E-state index contributed by atoms with van der Waals surface area (Å²) in [6.45, 7) is 5.39. The van der Waals surface area contributed by atoms with Crippen molar-refractivity contribution < 1.29 is 19.8 Å². The topological polar surface area (TPSA) is 86.6 Å². The third kappa shape index (κ3) is 7.23. The molecule has 16 heavy (non-hydrogen) atoms. The fourth-order valence-electron chi connectivity index (χ4n) is 1.17. The third-order valence-corrected chi connectivity index (χ3v) is 2.48. The summed E-state index contributed by atoms with van der Waals surface area (Å²) >= 11 is 0. The van der Waals surface area contributed by atoms with Gasteiger partial charge >= 0.3 is 5.97 Å². The Hall–Kier alpha value is -1.10. The third-order valence-electron chi connectivity index (χ3n) is 2.48. The highest BCUT2D eigenvalue weighted by Gasteiger charge is 2.19. The first-order valence-electron chi connectivity index (χ1n) is 5.47. The second-order valence-corrected chi connectivity index (χ2v) is 4.53. The molecule has 0 rings (SSSR count). The van der Waals surface area contributed by atoms with Crippen molar-refractivity contribution in [2.24, 2.45) is 5.92 Å². The summed E-state index contributed by atoms with van der Waals surface area (Å²) in [7, 11) is 0. The lowest BCUT2D eigenvalue weighted by Crippen LogP contribution is -2.40. The summed E-state index contributed by atoms with van der Waals surface area (Å²) in [6, 6.07) is 0. The molecule has 5 heteroatoms. The molecule has 0 aromatic rings. The Kier molecular flexibility index (Phi) is 6.03. The van der Waals surface area contributed by atoms with E-state index in [1.54, 1.807) is 13.8 Å². The van der Waals surface area contributed by atoms with Gasteiger partial charge in [-0.15, -0.1) is 0 Å². The van der Waals surface area contributed by atoms with Crippen molar-refractivity contribution in [2.75, 3.05) is 6.54 Å². The average Bonchev–Trinajstić information content (AvgIpc) is 2.13. The van der Waals surface area contributed by atoms with E-state index in [1.165, 1.54) is 0 Å². The summed E-state index contributed by atoms with van der Waals surface area (Å²) in [6.07, 6.45) is 0.710. The molecule has 0 saturated carbocycles. The number of rotatable bonds is 7. The molecule has 0 aromatic carbocycles. The number of carboxylic acid groups (broad SMARTS) is 1. The standard InChI is InChI=1S/C11H21NO4/c1-4-11(3,16)7-12-9(13)5-8(2)6-10(14)15/h8,16H,4-7H2,1-3H3,(H,12,13)(H,14,15). The van der Waals surface area contributed by atoms with Crippen LogP contribution in [0.2, 0.25) is 0 Å². The van der Waals surface area contributed by atoms with Crippen molar-refractivity contribution in [2.45, 2.75) is 45.6 Å². The number of aliphatic hydroxyl groups is 1. The predicted octanol–water partition coefficient (Wildman–Crippen LogP) is 0.764. The molecule has 2 unspecified atom stereocenters. The molecular formula is C11H21NO4. The number of nitrogens with one attached hydrogen (secondary N) is 1. The highest BCUT2D eigenvalue weighted by Crippen LogP contribution is 2.09. The Labute approximate surface area is 95.9 Å². The smallest absolute Gasteiger partial charge is 0.303 e. The first-order chi connectivity index (χ1) is 7.26. The highest BCUT2D eigenvalue weighted by molar-refractivity contribution is 5.77. The molecule has 0 aliphatic heterocycles. The van der Waals surface area contributed by atoms with Crippen LogP contribution < -0.4 is 5.32 Å². The number of hydrogen-bond donors (Lipinski definition) is 3. The number of amides is 1. The Morgan fingerprint density at radius 2 is 1.94 bits per heavy atom. The molecule has 3 N–H and O–H groups in total. The zero-order valence-corrected chi connectivity index (χ0v) is 10.1. The Balaban J connectivity index is 3.87. The first kappa shape index (κ1) is 14.9. The molecule has 0 bridgehead atoms. The van der Waals surface area contributed by atoms with Gasteiger partial charge in [-0.1, -0.05) is 13.8 Å². The Morgan fingerprint density at radius 3 is 2.38 bits per heavy atom. The summed E-state index contributed by atoms with van der Waals surface area (Å²) in [5.74, 6) is -1.31. The van der Waals surface area contributed by atoms with Crippen molar-refractivity contribution >= 4 is 11.9 Å². The maximum Gasteiger partial charge on any atom is 0.303 e. The van der Waals surface area contributed by atoms with E-state index in [9.17, 15) is 14.7 Å². The fourth-order valence-corrected chi connectivity index (χ4v) is 1.17. The van der Waals surface area contributed by atoms with Crippen LogP contribution in [0.25, 0.3) is 0 Å². The fraction of sp³-hybridized carbons (Fsp3) is 0.818. The molecule has 1 amide bonds. The van der Waals surface area contributed by atoms with Gasteiger partial charge in [-0.3, -0.25) is 9.59 Å². The maximum absolute atomic E-state index is 11.4. The van der Waals surface area contributed by atoms with E-state index in [0.29, 0.717) is 6.42 Å². The lowest BCUT2D eigenvalue weighted by Gasteiger charge is -2.21. The summed E-state index contributed by atoms with van der Waals surface area (Å²) < 4.78 is 0. The molecule has 0 aliphatic carbocycles. The normalized spacial score (nSPS) is 16.2. The molecule has 2 atom stereocenters. The van der Waals surface area contributed by atoms with Crippen molar-refractivity contribution in [3.8, 4) is 0 Å². The number of carboxylic acids is 1. The van der Waals surface area contributed by atoms with E-state index >= 15 is 0 Å². The minimum absolute atomic E-state index is 0.0163. The van der Waals surface area contributed by atoms with Gasteiger partial charge in [0.15, 0.2) is 0 Å². The summed E-state index contributed by atoms with van der Waals surface area (Å²) in [5.41, 5.74) is -0.897. The van der Waals surface area contributed by atoms with Gasteiger partial charge < -0.3 is 15.5 Å². The van der Waals surface area contributed by atoms with Crippen LogP contribution in [0.15, 0.2) is 0 Å². The molecule has 0 aromatic heterocycles. The van der Waals surface area contributed by atoms with E-state index in [2.05, 4.69) is 5.32 Å². The quantitative estimate of drug-likeness (QED) is 0.604. The number of carbonyl (C=O) groups excluding carboxylic acids is 1. The predicted molar refractivity (Wildman–Crippen MR) is 60.0 cm³/mol. The van der Waals surface area contributed by atoms with Crippen molar-refractivity contribution in [3.05, 3.63) is 0 Å². The van der Waals surface area contributed by atoms with Crippen LogP contribution >= 0.6 is 0 Å². The van der Waals surface area contributed by atoms with Crippen LogP contribution in [-0.2, 0) is 9.59 Å². The maximum atomic E-state index is 11.4. The van der Waals surface area contributed by atoms with Gasteiger partial charge in [0.05, 0.1) is 5.60 Å².